The number of aryl methyl sites for hydroxylation is 2. The molecule has 1 fully saturated rings. The van der Waals surface area contributed by atoms with Crippen LogP contribution in [0.3, 0.4) is 0 Å². The standard InChI is InChI=1S/C19H25N3O2/c1-15-9-12-21(20-15)13-10-19(24)22-11-5-8-18(23)17(22)14-16-6-3-2-4-7-16/h2-4,6-7,9,12,17-18,23H,5,8,10-11,13-14H2,1H3/t17-,18-/m0/s1. The fourth-order valence-corrected chi connectivity index (χ4v) is 3.39. The van der Waals surface area contributed by atoms with Crippen LogP contribution >= 0.6 is 0 Å². The van der Waals surface area contributed by atoms with E-state index >= 15 is 0 Å². The van der Waals surface area contributed by atoms with Crippen LogP contribution in [0.2, 0.25) is 0 Å². The summed E-state index contributed by atoms with van der Waals surface area (Å²) < 4.78 is 1.81. The van der Waals surface area contributed by atoms with Crippen LogP contribution in [0.1, 0.15) is 30.5 Å². The third-order valence-electron chi connectivity index (χ3n) is 4.68. The molecule has 24 heavy (non-hydrogen) atoms. The van der Waals surface area contributed by atoms with Crippen LogP contribution in [0.5, 0.6) is 0 Å². The number of piperidine rings is 1. The minimum Gasteiger partial charge on any atom is -0.391 e. The van der Waals surface area contributed by atoms with Crippen molar-refractivity contribution >= 4 is 5.91 Å². The topological polar surface area (TPSA) is 58.4 Å². The lowest BCUT2D eigenvalue weighted by Gasteiger charge is -2.39. The van der Waals surface area contributed by atoms with E-state index in [1.54, 1.807) is 4.68 Å². The van der Waals surface area contributed by atoms with Gasteiger partial charge >= 0.3 is 0 Å². The number of aliphatic hydroxyl groups excluding tert-OH is 1. The van der Waals surface area contributed by atoms with Gasteiger partial charge in [-0.25, -0.2) is 0 Å². The maximum Gasteiger partial charge on any atom is 0.224 e. The summed E-state index contributed by atoms with van der Waals surface area (Å²) >= 11 is 0. The SMILES string of the molecule is Cc1ccn(CCC(=O)N2CCC[C@H](O)[C@@H]2Cc2ccccc2)n1. The Bertz CT molecular complexity index is 668. The highest BCUT2D eigenvalue weighted by Crippen LogP contribution is 2.22. The van der Waals surface area contributed by atoms with Gasteiger partial charge in [0, 0.05) is 25.7 Å². The third-order valence-corrected chi connectivity index (χ3v) is 4.68. The first kappa shape index (κ1) is 16.7. The molecule has 2 aromatic rings. The zero-order valence-electron chi connectivity index (χ0n) is 14.1. The van der Waals surface area contributed by atoms with Gasteiger partial charge in [-0.2, -0.15) is 5.10 Å². The summed E-state index contributed by atoms with van der Waals surface area (Å²) in [6.07, 6.45) is 4.19. The number of carbonyl (C=O) groups excluding carboxylic acids is 1. The summed E-state index contributed by atoms with van der Waals surface area (Å²) in [7, 11) is 0. The van der Waals surface area contributed by atoms with E-state index in [2.05, 4.69) is 17.2 Å². The van der Waals surface area contributed by atoms with Crippen molar-refractivity contribution in [2.45, 2.75) is 51.3 Å². The molecule has 3 rings (SSSR count). The van der Waals surface area contributed by atoms with E-state index in [9.17, 15) is 9.90 Å². The molecule has 1 aromatic carbocycles. The second-order valence-corrected chi connectivity index (χ2v) is 6.52. The monoisotopic (exact) mass is 327 g/mol. The lowest BCUT2D eigenvalue weighted by atomic mass is 9.92. The van der Waals surface area contributed by atoms with Crippen LogP contribution in [0, 0.1) is 6.92 Å². The van der Waals surface area contributed by atoms with Gasteiger partial charge in [0.2, 0.25) is 5.91 Å². The van der Waals surface area contributed by atoms with Crippen molar-refractivity contribution in [2.24, 2.45) is 0 Å². The molecule has 1 saturated heterocycles. The normalized spacial score (nSPS) is 21.0. The average molecular weight is 327 g/mol. The quantitative estimate of drug-likeness (QED) is 0.916. The van der Waals surface area contributed by atoms with Crippen LogP contribution in [0.15, 0.2) is 42.6 Å². The van der Waals surface area contributed by atoms with Gasteiger partial charge in [0.1, 0.15) is 0 Å². The number of likely N-dealkylation sites (tertiary alicyclic amines) is 1. The fourth-order valence-electron chi connectivity index (χ4n) is 3.39. The molecular formula is C19H25N3O2. The number of hydrogen-bond acceptors (Lipinski definition) is 3. The number of hydrogen-bond donors (Lipinski definition) is 1. The zero-order chi connectivity index (χ0) is 16.9. The van der Waals surface area contributed by atoms with Crippen LogP contribution in [-0.2, 0) is 17.8 Å². The molecule has 2 atom stereocenters. The molecule has 1 amide bonds. The van der Waals surface area contributed by atoms with Crippen molar-refractivity contribution in [2.75, 3.05) is 6.54 Å². The molecule has 0 radical (unpaired) electrons. The number of amides is 1. The molecule has 0 unspecified atom stereocenters. The predicted octanol–water partition coefficient (Wildman–Crippen LogP) is 2.18. The molecule has 0 saturated carbocycles. The van der Waals surface area contributed by atoms with Gasteiger partial charge in [-0.05, 0) is 37.8 Å². The number of aliphatic hydroxyl groups is 1. The summed E-state index contributed by atoms with van der Waals surface area (Å²) in [5.41, 5.74) is 2.11. The Labute approximate surface area is 142 Å². The summed E-state index contributed by atoms with van der Waals surface area (Å²) in [4.78, 5) is 14.6. The van der Waals surface area contributed by atoms with Crippen molar-refractivity contribution in [3.05, 3.63) is 53.9 Å². The molecule has 1 aliphatic heterocycles. The first-order chi connectivity index (χ1) is 11.6. The fraction of sp³-hybridized carbons (Fsp3) is 0.474. The van der Waals surface area contributed by atoms with Crippen LogP contribution < -0.4 is 0 Å². The van der Waals surface area contributed by atoms with Crippen molar-refractivity contribution in [3.63, 3.8) is 0 Å². The number of nitrogens with zero attached hydrogens (tertiary/aromatic N) is 3. The van der Waals surface area contributed by atoms with Gasteiger partial charge in [0.25, 0.3) is 0 Å². The highest BCUT2D eigenvalue weighted by Gasteiger charge is 2.32. The van der Waals surface area contributed by atoms with Gasteiger partial charge in [-0.15, -0.1) is 0 Å². The predicted molar refractivity (Wildman–Crippen MR) is 92.5 cm³/mol. The third kappa shape index (κ3) is 4.03. The molecule has 5 nitrogen and oxygen atoms in total. The molecule has 0 bridgehead atoms. The number of carbonyl (C=O) groups is 1. The Hall–Kier alpha value is -2.14. The lowest BCUT2D eigenvalue weighted by molar-refractivity contribution is -0.139. The van der Waals surface area contributed by atoms with Gasteiger partial charge in [-0.1, -0.05) is 30.3 Å². The summed E-state index contributed by atoms with van der Waals surface area (Å²) in [6, 6.07) is 11.9. The van der Waals surface area contributed by atoms with E-state index in [1.165, 1.54) is 0 Å². The number of aromatic nitrogens is 2. The molecule has 5 heteroatoms. The Kier molecular flexibility index (Phi) is 5.30. The summed E-state index contributed by atoms with van der Waals surface area (Å²) in [6.45, 7) is 3.25. The van der Waals surface area contributed by atoms with Crippen LogP contribution in [-0.4, -0.2) is 44.4 Å². The Morgan fingerprint density at radius 2 is 2.08 bits per heavy atom. The number of rotatable bonds is 5. The maximum atomic E-state index is 12.7. The maximum absolute atomic E-state index is 12.7. The first-order valence-corrected chi connectivity index (χ1v) is 8.65. The molecule has 1 N–H and O–H groups in total. The van der Waals surface area contributed by atoms with Gasteiger partial charge in [-0.3, -0.25) is 9.48 Å². The van der Waals surface area contributed by atoms with Crippen LogP contribution in [0.4, 0.5) is 0 Å². The Morgan fingerprint density at radius 3 is 2.79 bits per heavy atom. The Morgan fingerprint density at radius 1 is 1.29 bits per heavy atom. The largest absolute Gasteiger partial charge is 0.391 e. The second-order valence-electron chi connectivity index (χ2n) is 6.52. The van der Waals surface area contributed by atoms with Gasteiger partial charge in [0.05, 0.1) is 17.8 Å². The minimum absolute atomic E-state index is 0.0998. The first-order valence-electron chi connectivity index (χ1n) is 8.65. The zero-order valence-corrected chi connectivity index (χ0v) is 14.1. The molecule has 2 heterocycles. The van der Waals surface area contributed by atoms with Gasteiger partial charge < -0.3 is 10.0 Å². The van der Waals surface area contributed by atoms with E-state index in [1.807, 2.05) is 42.3 Å². The summed E-state index contributed by atoms with van der Waals surface area (Å²) in [5, 5.41) is 14.8. The lowest BCUT2D eigenvalue weighted by Crippen LogP contribution is -2.52. The van der Waals surface area contributed by atoms with E-state index < -0.39 is 6.10 Å². The highest BCUT2D eigenvalue weighted by molar-refractivity contribution is 5.76. The van der Waals surface area contributed by atoms with E-state index in [4.69, 9.17) is 0 Å². The minimum atomic E-state index is -0.449. The molecule has 1 aromatic heterocycles. The van der Waals surface area contributed by atoms with Crippen LogP contribution in [0.25, 0.3) is 0 Å². The molecule has 0 spiro atoms. The molecule has 1 aliphatic rings. The van der Waals surface area contributed by atoms with Gasteiger partial charge in [0.15, 0.2) is 0 Å². The van der Waals surface area contributed by atoms with E-state index in [-0.39, 0.29) is 11.9 Å². The Balaban J connectivity index is 1.65. The highest BCUT2D eigenvalue weighted by atomic mass is 16.3. The van der Waals surface area contributed by atoms with E-state index in [0.29, 0.717) is 19.4 Å². The number of benzene rings is 1. The van der Waals surface area contributed by atoms with Crippen molar-refractivity contribution in [1.29, 1.82) is 0 Å². The second kappa shape index (κ2) is 7.62. The molecular weight excluding hydrogens is 302 g/mol. The smallest absolute Gasteiger partial charge is 0.224 e. The van der Waals surface area contributed by atoms with Crippen molar-refractivity contribution < 1.29 is 9.90 Å². The molecule has 0 aliphatic carbocycles. The van der Waals surface area contributed by atoms with Crippen molar-refractivity contribution in [1.82, 2.24) is 14.7 Å². The summed E-state index contributed by atoms with van der Waals surface area (Å²) in [5.74, 6) is 0.0998. The molecule has 128 valence electrons. The average Bonchev–Trinajstić information content (AvgIpc) is 3.01. The van der Waals surface area contributed by atoms with E-state index in [0.717, 1.165) is 30.6 Å². The van der Waals surface area contributed by atoms with Crippen molar-refractivity contribution in [3.8, 4) is 0 Å².